The van der Waals surface area contributed by atoms with E-state index in [1.807, 2.05) is 12.1 Å². The van der Waals surface area contributed by atoms with Crippen molar-refractivity contribution in [2.75, 3.05) is 4.90 Å². The third kappa shape index (κ3) is 1.80. The first-order valence-corrected chi connectivity index (χ1v) is 5.68. The molecule has 0 fully saturated rings. The molecular weight excluding hydrogens is 238 g/mol. The number of nitrogens with one attached hydrogen (secondary N) is 1. The van der Waals surface area contributed by atoms with Crippen LogP contribution in [0.4, 0.5) is 5.69 Å². The van der Waals surface area contributed by atoms with Crippen molar-refractivity contribution >= 4 is 23.2 Å². The molecule has 0 aliphatic carbocycles. The summed E-state index contributed by atoms with van der Waals surface area (Å²) in [7, 11) is 0. The fourth-order valence-electron chi connectivity index (χ4n) is 2.07. The molecule has 2 aromatic rings. The second-order valence-corrected chi connectivity index (χ2v) is 4.44. The van der Waals surface area contributed by atoms with Crippen molar-refractivity contribution in [1.82, 2.24) is 9.97 Å². The lowest BCUT2D eigenvalue weighted by molar-refractivity contribution is -0.117. The Labute approximate surface area is 103 Å². The van der Waals surface area contributed by atoms with Crippen LogP contribution in [0.1, 0.15) is 11.3 Å². The smallest absolute Gasteiger partial charge is 0.231 e. The summed E-state index contributed by atoms with van der Waals surface area (Å²) in [6.45, 7) is 0.521. The number of hydrogen-bond donors (Lipinski definition) is 1. The van der Waals surface area contributed by atoms with E-state index in [9.17, 15) is 4.79 Å². The van der Waals surface area contributed by atoms with E-state index in [-0.39, 0.29) is 5.91 Å². The maximum atomic E-state index is 11.9. The number of aromatic nitrogens is 2. The standard InChI is InChI=1S/C12H10ClN3O/c13-9-1-2-11-8(3-9)4-12(17)16(11)6-10-5-14-7-15-10/h1-3,5,7H,4,6H2,(H,14,15). The van der Waals surface area contributed by atoms with Crippen LogP contribution in [-0.2, 0) is 17.8 Å². The highest BCUT2D eigenvalue weighted by atomic mass is 35.5. The van der Waals surface area contributed by atoms with Crippen molar-refractivity contribution in [3.05, 3.63) is 47.0 Å². The monoisotopic (exact) mass is 247 g/mol. The first-order chi connectivity index (χ1) is 8.24. The molecule has 1 N–H and O–H groups in total. The van der Waals surface area contributed by atoms with Gasteiger partial charge in [-0.3, -0.25) is 4.79 Å². The predicted molar refractivity (Wildman–Crippen MR) is 64.9 cm³/mol. The number of aromatic amines is 1. The summed E-state index contributed by atoms with van der Waals surface area (Å²) < 4.78 is 0. The van der Waals surface area contributed by atoms with Gasteiger partial charge in [0.1, 0.15) is 0 Å². The number of nitrogens with zero attached hydrogens (tertiary/aromatic N) is 2. The van der Waals surface area contributed by atoms with Crippen LogP contribution < -0.4 is 4.90 Å². The second-order valence-electron chi connectivity index (χ2n) is 4.01. The summed E-state index contributed by atoms with van der Waals surface area (Å²) in [5.41, 5.74) is 2.84. The van der Waals surface area contributed by atoms with Crippen LogP contribution in [0.5, 0.6) is 0 Å². The molecular formula is C12H10ClN3O. The number of hydrogen-bond acceptors (Lipinski definition) is 2. The van der Waals surface area contributed by atoms with Crippen LogP contribution >= 0.6 is 11.6 Å². The molecule has 17 heavy (non-hydrogen) atoms. The molecule has 1 aliphatic heterocycles. The van der Waals surface area contributed by atoms with E-state index in [1.165, 1.54) is 0 Å². The summed E-state index contributed by atoms with van der Waals surface area (Å²) in [6, 6.07) is 5.54. The van der Waals surface area contributed by atoms with Crippen molar-refractivity contribution in [2.45, 2.75) is 13.0 Å². The van der Waals surface area contributed by atoms with Gasteiger partial charge in [-0.1, -0.05) is 11.6 Å². The van der Waals surface area contributed by atoms with Gasteiger partial charge in [0.25, 0.3) is 0 Å². The number of benzene rings is 1. The van der Waals surface area contributed by atoms with E-state index in [1.54, 1.807) is 23.5 Å². The molecule has 1 aromatic carbocycles. The topological polar surface area (TPSA) is 49.0 Å². The van der Waals surface area contributed by atoms with Crippen molar-refractivity contribution in [3.63, 3.8) is 0 Å². The molecule has 1 amide bonds. The molecule has 0 saturated carbocycles. The zero-order chi connectivity index (χ0) is 11.8. The molecule has 2 heterocycles. The molecule has 0 bridgehead atoms. The van der Waals surface area contributed by atoms with Crippen molar-refractivity contribution in [2.24, 2.45) is 0 Å². The van der Waals surface area contributed by atoms with E-state index in [0.717, 1.165) is 16.9 Å². The van der Waals surface area contributed by atoms with Gasteiger partial charge in [-0.15, -0.1) is 0 Å². The van der Waals surface area contributed by atoms with Gasteiger partial charge in [0.15, 0.2) is 0 Å². The minimum absolute atomic E-state index is 0.0943. The number of carbonyl (C=O) groups excluding carboxylic acids is 1. The van der Waals surface area contributed by atoms with E-state index in [2.05, 4.69) is 9.97 Å². The molecule has 0 radical (unpaired) electrons. The predicted octanol–water partition coefficient (Wildman–Crippen LogP) is 2.15. The Kier molecular flexibility index (Phi) is 2.37. The van der Waals surface area contributed by atoms with E-state index >= 15 is 0 Å². The zero-order valence-electron chi connectivity index (χ0n) is 8.98. The van der Waals surface area contributed by atoms with Gasteiger partial charge in [0.05, 0.1) is 25.0 Å². The fraction of sp³-hybridized carbons (Fsp3) is 0.167. The Hall–Kier alpha value is -1.81. The van der Waals surface area contributed by atoms with Gasteiger partial charge in [-0.05, 0) is 23.8 Å². The van der Waals surface area contributed by atoms with Crippen LogP contribution in [0.25, 0.3) is 0 Å². The number of imidazole rings is 1. The summed E-state index contributed by atoms with van der Waals surface area (Å²) in [5.74, 6) is 0.0943. The van der Waals surface area contributed by atoms with Gasteiger partial charge in [-0.25, -0.2) is 4.98 Å². The number of H-pyrrole nitrogens is 1. The molecule has 3 rings (SSSR count). The van der Waals surface area contributed by atoms with Crippen LogP contribution in [-0.4, -0.2) is 15.9 Å². The van der Waals surface area contributed by atoms with Crippen molar-refractivity contribution < 1.29 is 4.79 Å². The Bertz CT molecular complexity index is 565. The normalized spacial score (nSPS) is 14.2. The number of halogens is 1. The first-order valence-electron chi connectivity index (χ1n) is 5.30. The molecule has 0 saturated heterocycles. The molecule has 0 atom stereocenters. The van der Waals surface area contributed by atoms with E-state index in [4.69, 9.17) is 11.6 Å². The molecule has 0 unspecified atom stereocenters. The average molecular weight is 248 g/mol. The van der Waals surface area contributed by atoms with Crippen molar-refractivity contribution in [1.29, 1.82) is 0 Å². The lowest BCUT2D eigenvalue weighted by atomic mass is 10.2. The minimum Gasteiger partial charge on any atom is -0.347 e. The maximum absolute atomic E-state index is 11.9. The largest absolute Gasteiger partial charge is 0.347 e. The summed E-state index contributed by atoms with van der Waals surface area (Å²) in [4.78, 5) is 20.6. The minimum atomic E-state index is 0.0943. The summed E-state index contributed by atoms with van der Waals surface area (Å²) in [6.07, 6.45) is 3.75. The zero-order valence-corrected chi connectivity index (χ0v) is 9.74. The molecule has 1 aromatic heterocycles. The lowest BCUT2D eigenvalue weighted by Crippen LogP contribution is -2.26. The second kappa shape index (κ2) is 3.89. The average Bonchev–Trinajstić information content (AvgIpc) is 2.88. The highest BCUT2D eigenvalue weighted by Gasteiger charge is 2.27. The van der Waals surface area contributed by atoms with Gasteiger partial charge in [0.2, 0.25) is 5.91 Å². The van der Waals surface area contributed by atoms with Crippen LogP contribution in [0.2, 0.25) is 5.02 Å². The molecule has 86 valence electrons. The number of carbonyl (C=O) groups is 1. The van der Waals surface area contributed by atoms with E-state index < -0.39 is 0 Å². The third-order valence-electron chi connectivity index (χ3n) is 2.86. The summed E-state index contributed by atoms with van der Waals surface area (Å²) >= 11 is 5.92. The highest BCUT2D eigenvalue weighted by molar-refractivity contribution is 6.30. The van der Waals surface area contributed by atoms with Crippen molar-refractivity contribution in [3.8, 4) is 0 Å². The van der Waals surface area contributed by atoms with Crippen LogP contribution in [0.3, 0.4) is 0 Å². The molecule has 0 spiro atoms. The van der Waals surface area contributed by atoms with Gasteiger partial charge >= 0.3 is 0 Å². The van der Waals surface area contributed by atoms with Gasteiger partial charge in [0, 0.05) is 16.9 Å². The number of anilines is 1. The Morgan fingerprint density at radius 1 is 1.47 bits per heavy atom. The fourth-order valence-corrected chi connectivity index (χ4v) is 2.26. The Morgan fingerprint density at radius 3 is 3.12 bits per heavy atom. The van der Waals surface area contributed by atoms with Crippen LogP contribution in [0.15, 0.2) is 30.7 Å². The number of fused-ring (bicyclic) bond motifs is 1. The Balaban J connectivity index is 1.94. The van der Waals surface area contributed by atoms with E-state index in [0.29, 0.717) is 18.0 Å². The quantitative estimate of drug-likeness (QED) is 0.884. The summed E-state index contributed by atoms with van der Waals surface area (Å²) in [5, 5.41) is 0.667. The maximum Gasteiger partial charge on any atom is 0.231 e. The number of amides is 1. The van der Waals surface area contributed by atoms with Crippen LogP contribution in [0, 0.1) is 0 Å². The molecule has 4 nitrogen and oxygen atoms in total. The van der Waals surface area contributed by atoms with Gasteiger partial charge in [-0.2, -0.15) is 0 Å². The molecule has 5 heteroatoms. The molecule has 1 aliphatic rings. The van der Waals surface area contributed by atoms with Gasteiger partial charge < -0.3 is 9.88 Å². The Morgan fingerprint density at radius 2 is 2.35 bits per heavy atom. The lowest BCUT2D eigenvalue weighted by Gasteiger charge is -2.16. The third-order valence-corrected chi connectivity index (χ3v) is 3.09. The first kappa shape index (κ1) is 10.4. The SMILES string of the molecule is O=C1Cc2cc(Cl)ccc2N1Cc1cnc[nH]1. The highest BCUT2D eigenvalue weighted by Crippen LogP contribution is 2.31. The number of rotatable bonds is 2.